The van der Waals surface area contributed by atoms with Crippen molar-refractivity contribution in [3.63, 3.8) is 0 Å². The molecule has 0 radical (unpaired) electrons. The molecule has 11 heteroatoms. The molecule has 2 N–H and O–H groups in total. The fraction of sp³-hybridized carbons (Fsp3) is 0.605. The van der Waals surface area contributed by atoms with Crippen LogP contribution in [0.15, 0.2) is 65.9 Å². The van der Waals surface area contributed by atoms with E-state index >= 15 is 0 Å². The maximum atomic E-state index is 13.7. The molecule has 54 heavy (non-hydrogen) atoms. The molecule has 3 aliphatic rings. The second-order valence-electron chi connectivity index (χ2n) is 15.7. The molecule has 1 amide bonds. The van der Waals surface area contributed by atoms with Gasteiger partial charge in [0, 0.05) is 43.4 Å². The number of oxime groups is 1. The number of benzene rings is 1. The number of pyridine rings is 1. The molecule has 0 saturated heterocycles. The van der Waals surface area contributed by atoms with Crippen LogP contribution in [0.2, 0.25) is 0 Å². The van der Waals surface area contributed by atoms with Crippen molar-refractivity contribution in [2.24, 2.45) is 22.9 Å². The number of aromatic nitrogens is 1. The zero-order valence-corrected chi connectivity index (χ0v) is 33.1. The third kappa shape index (κ3) is 9.29. The summed E-state index contributed by atoms with van der Waals surface area (Å²) in [5.41, 5.74) is 3.93. The molecule has 1 fully saturated rings. The van der Waals surface area contributed by atoms with Crippen LogP contribution in [-0.4, -0.2) is 82.8 Å². The minimum Gasteiger partial charge on any atom is -0.487 e. The summed E-state index contributed by atoms with van der Waals surface area (Å²) in [5, 5.41) is 24.5. The van der Waals surface area contributed by atoms with Crippen molar-refractivity contribution in [3.8, 4) is 11.5 Å². The van der Waals surface area contributed by atoms with Crippen LogP contribution in [0.4, 0.5) is 4.79 Å². The van der Waals surface area contributed by atoms with E-state index in [2.05, 4.69) is 23.7 Å². The zero-order valence-electron chi connectivity index (χ0n) is 33.1. The highest BCUT2D eigenvalue weighted by molar-refractivity contribution is 6.03. The van der Waals surface area contributed by atoms with E-state index in [1.807, 2.05) is 65.0 Å². The Labute approximate surface area is 321 Å². The number of aliphatic hydroxyl groups is 2. The van der Waals surface area contributed by atoms with E-state index in [1.54, 1.807) is 11.0 Å². The number of hydrogen-bond acceptors (Lipinski definition) is 10. The predicted octanol–water partition coefficient (Wildman–Crippen LogP) is 7.88. The lowest BCUT2D eigenvalue weighted by Crippen LogP contribution is -2.70. The van der Waals surface area contributed by atoms with E-state index < -0.39 is 29.4 Å². The summed E-state index contributed by atoms with van der Waals surface area (Å²) in [6.07, 6.45) is 9.38. The van der Waals surface area contributed by atoms with Gasteiger partial charge in [0.2, 0.25) is 5.79 Å². The van der Waals surface area contributed by atoms with Gasteiger partial charge >= 0.3 is 6.09 Å². The number of hydrogen-bond donors (Lipinski definition) is 2. The van der Waals surface area contributed by atoms with Gasteiger partial charge in [-0.3, -0.25) is 9.88 Å². The van der Waals surface area contributed by atoms with Crippen molar-refractivity contribution in [1.82, 2.24) is 9.88 Å². The van der Waals surface area contributed by atoms with Crippen LogP contribution in [-0.2, 0) is 20.9 Å². The molecule has 2 heterocycles. The topological polar surface area (TPSA) is 132 Å². The Bertz CT molecular complexity index is 1640. The van der Waals surface area contributed by atoms with Crippen LogP contribution in [0.25, 0.3) is 0 Å². The molecule has 2 aromatic rings. The maximum Gasteiger partial charge on any atom is 0.409 e. The molecule has 1 aliphatic heterocycles. The minimum absolute atomic E-state index is 0.105. The Morgan fingerprint density at radius 3 is 2.56 bits per heavy atom. The number of fused-ring (bicyclic) bond motifs is 2. The van der Waals surface area contributed by atoms with E-state index in [4.69, 9.17) is 28.9 Å². The fourth-order valence-electron chi connectivity index (χ4n) is 8.50. The molecular formula is C43H61N3O8. The highest BCUT2D eigenvalue weighted by Gasteiger charge is 2.65. The number of methoxy groups -OCH3 is 1. The van der Waals surface area contributed by atoms with Gasteiger partial charge in [0.15, 0.2) is 0 Å². The van der Waals surface area contributed by atoms with Crippen molar-refractivity contribution in [1.29, 1.82) is 0 Å². The van der Waals surface area contributed by atoms with E-state index in [0.717, 1.165) is 53.9 Å². The van der Waals surface area contributed by atoms with Crippen LogP contribution < -0.4 is 9.47 Å². The third-order valence-electron chi connectivity index (χ3n) is 10.7. The third-order valence-corrected chi connectivity index (χ3v) is 10.7. The maximum absolute atomic E-state index is 13.7. The average Bonchev–Trinajstić information content (AvgIpc) is 3.15. The number of aryl methyl sites for hydroxylation is 1. The summed E-state index contributed by atoms with van der Waals surface area (Å²) in [5.74, 6) is -0.297. The molecule has 2 aliphatic carbocycles. The van der Waals surface area contributed by atoms with Gasteiger partial charge in [0.25, 0.3) is 0 Å². The van der Waals surface area contributed by atoms with E-state index in [1.165, 1.54) is 7.11 Å². The number of carbonyl (C=O) groups is 1. The normalized spacial score (nSPS) is 25.1. The van der Waals surface area contributed by atoms with E-state index in [9.17, 15) is 15.0 Å². The first-order chi connectivity index (χ1) is 26.0. The first-order valence-corrected chi connectivity index (χ1v) is 19.7. The number of carbonyl (C=O) groups excluding carboxylic acids is 1. The second-order valence-corrected chi connectivity index (χ2v) is 15.7. The Morgan fingerprint density at radius 2 is 1.89 bits per heavy atom. The van der Waals surface area contributed by atoms with Crippen LogP contribution in [0.1, 0.15) is 102 Å². The lowest BCUT2D eigenvalue weighted by atomic mass is 9.55. The fourth-order valence-corrected chi connectivity index (χ4v) is 8.50. The smallest absolute Gasteiger partial charge is 0.409 e. The second kappa shape index (κ2) is 18.6. The Balaban J connectivity index is 1.76. The monoisotopic (exact) mass is 747 g/mol. The largest absolute Gasteiger partial charge is 0.487 e. The molecule has 1 aromatic carbocycles. The van der Waals surface area contributed by atoms with Gasteiger partial charge in [-0.15, -0.1) is 6.58 Å². The summed E-state index contributed by atoms with van der Waals surface area (Å²) < 4.78 is 26.0. The predicted molar refractivity (Wildman–Crippen MR) is 209 cm³/mol. The number of amides is 1. The molecule has 0 bridgehead atoms. The highest BCUT2D eigenvalue weighted by atomic mass is 16.7. The quantitative estimate of drug-likeness (QED) is 0.0888. The number of unbranched alkanes of at least 4 members (excludes halogenated alkanes) is 2. The number of ether oxygens (including phenoxy) is 4. The van der Waals surface area contributed by atoms with Crippen molar-refractivity contribution in [2.45, 2.75) is 116 Å². The van der Waals surface area contributed by atoms with Crippen LogP contribution in [0.3, 0.4) is 0 Å². The average molecular weight is 748 g/mol. The standard InChI is InChI=1S/C43H61N3O8/c1-8-21-46(41(49)50-7)38-27-36(45-54-42(4,5)6)34-25-30(16-10-12-22-47)33(18-11-13-23-48)39-35-26-32(51-28-31-17-14-15-29(3)44-31)19-20-37(35)53-43(38,40(34)39)52-24-9-2/h9,14-15,17,19-20,25-26,30,33,38-40,47-48H,2,8,10-13,16,18,21-24,27-28H2,1,3-7H3/t30-,33+,38-,39+,40+,43+/m0/s1. The van der Waals surface area contributed by atoms with E-state index in [0.29, 0.717) is 50.3 Å². The summed E-state index contributed by atoms with van der Waals surface area (Å²) in [4.78, 5) is 26.3. The minimum atomic E-state index is -1.33. The molecule has 1 aromatic heterocycles. The molecule has 5 rings (SSSR count). The van der Waals surface area contributed by atoms with Crippen molar-refractivity contribution >= 4 is 11.8 Å². The van der Waals surface area contributed by atoms with Gasteiger partial charge in [-0.25, -0.2) is 4.79 Å². The first kappa shape index (κ1) is 41.2. The van der Waals surface area contributed by atoms with Gasteiger partial charge < -0.3 is 34.0 Å². The van der Waals surface area contributed by atoms with Crippen molar-refractivity contribution in [3.05, 3.63) is 77.7 Å². The van der Waals surface area contributed by atoms with E-state index in [-0.39, 0.29) is 37.6 Å². The molecule has 1 saturated carbocycles. The van der Waals surface area contributed by atoms with Crippen molar-refractivity contribution in [2.75, 3.05) is 33.5 Å². The molecule has 0 spiro atoms. The summed E-state index contributed by atoms with van der Waals surface area (Å²) >= 11 is 0. The van der Waals surface area contributed by atoms with Gasteiger partial charge in [0.1, 0.15) is 29.7 Å². The molecule has 6 atom stereocenters. The van der Waals surface area contributed by atoms with Gasteiger partial charge in [0.05, 0.1) is 31.0 Å². The molecule has 296 valence electrons. The summed E-state index contributed by atoms with van der Waals surface area (Å²) in [6, 6.07) is 11.2. The van der Waals surface area contributed by atoms with Crippen LogP contribution in [0.5, 0.6) is 11.5 Å². The van der Waals surface area contributed by atoms with Gasteiger partial charge in [-0.1, -0.05) is 43.1 Å². The first-order valence-electron chi connectivity index (χ1n) is 19.7. The number of aliphatic hydroxyl groups excluding tert-OH is 2. The molecular weight excluding hydrogens is 686 g/mol. The number of rotatable bonds is 18. The van der Waals surface area contributed by atoms with Crippen molar-refractivity contribution < 1.29 is 38.8 Å². The van der Waals surface area contributed by atoms with Gasteiger partial charge in [-0.2, -0.15) is 0 Å². The lowest BCUT2D eigenvalue weighted by molar-refractivity contribution is -0.255. The highest BCUT2D eigenvalue weighted by Crippen LogP contribution is 2.62. The Morgan fingerprint density at radius 1 is 1.13 bits per heavy atom. The number of allylic oxidation sites excluding steroid dienone is 1. The summed E-state index contributed by atoms with van der Waals surface area (Å²) in [7, 11) is 1.40. The molecule has 0 unspecified atom stereocenters. The lowest BCUT2D eigenvalue weighted by Gasteiger charge is -2.60. The van der Waals surface area contributed by atoms with Gasteiger partial charge in [-0.05, 0) is 108 Å². The SMILES string of the molecule is C=CCO[C@@]12Oc3ccc(OCc4cccc(C)n4)cc3[C@H]3[C@H](CCCCO)[C@@H](CCCCO)C=C(C(=NOC(C)(C)C)C[C@@H]1N(CCC)C(=O)OC)[C@H]32. The summed E-state index contributed by atoms with van der Waals surface area (Å²) in [6.45, 7) is 15.0. The Hall–Kier alpha value is -3.93. The van der Waals surface area contributed by atoms with Crippen LogP contribution in [0, 0.1) is 24.7 Å². The van der Waals surface area contributed by atoms with Crippen LogP contribution >= 0.6 is 0 Å². The molecule has 11 nitrogen and oxygen atoms in total. The number of nitrogens with zero attached hydrogens (tertiary/aromatic N) is 3. The zero-order chi connectivity index (χ0) is 38.9. The Kier molecular flexibility index (Phi) is 14.2.